The molecule has 0 aromatic heterocycles. The zero-order valence-electron chi connectivity index (χ0n) is 13.2. The van der Waals surface area contributed by atoms with Gasteiger partial charge in [-0.2, -0.15) is 11.8 Å². The van der Waals surface area contributed by atoms with E-state index in [-0.39, 0.29) is 24.3 Å². The fourth-order valence-electron chi connectivity index (χ4n) is 2.74. The van der Waals surface area contributed by atoms with Gasteiger partial charge in [-0.3, -0.25) is 14.4 Å². The van der Waals surface area contributed by atoms with Crippen molar-refractivity contribution >= 4 is 35.2 Å². The first-order valence-electron chi connectivity index (χ1n) is 8.00. The van der Waals surface area contributed by atoms with Gasteiger partial charge in [-0.15, -0.1) is 0 Å². The van der Waals surface area contributed by atoms with Crippen molar-refractivity contribution in [2.45, 2.75) is 31.7 Å². The number of carbonyl (C=O) groups excluding carboxylic acids is 2. The van der Waals surface area contributed by atoms with E-state index in [1.54, 1.807) is 36.0 Å². The summed E-state index contributed by atoms with van der Waals surface area (Å²) < 4.78 is 0. The Morgan fingerprint density at radius 3 is 2.71 bits per heavy atom. The number of thioether (sulfide) groups is 1. The Balaban J connectivity index is 1.63. The molecule has 3 N–H and O–H groups in total. The zero-order valence-corrected chi connectivity index (χ0v) is 14.0. The average Bonchev–Trinajstić information content (AvgIpc) is 3.22. The molecule has 6 nitrogen and oxygen atoms in total. The van der Waals surface area contributed by atoms with Crippen LogP contribution in [0.3, 0.4) is 0 Å². The van der Waals surface area contributed by atoms with Crippen LogP contribution in [-0.2, 0) is 9.59 Å². The van der Waals surface area contributed by atoms with Gasteiger partial charge >= 0.3 is 5.97 Å². The summed E-state index contributed by atoms with van der Waals surface area (Å²) in [5.74, 6) is -0.182. The van der Waals surface area contributed by atoms with Crippen LogP contribution in [0, 0.1) is 5.41 Å². The Kier molecular flexibility index (Phi) is 4.80. The molecule has 3 rings (SSSR count). The molecule has 1 aliphatic carbocycles. The molecule has 7 heteroatoms. The minimum absolute atomic E-state index is 0.0478. The van der Waals surface area contributed by atoms with Gasteiger partial charge in [0.05, 0.1) is 5.41 Å². The van der Waals surface area contributed by atoms with Gasteiger partial charge in [0, 0.05) is 29.5 Å². The van der Waals surface area contributed by atoms with Crippen molar-refractivity contribution in [1.82, 2.24) is 5.32 Å². The number of nitrogens with one attached hydrogen (secondary N) is 2. The van der Waals surface area contributed by atoms with E-state index < -0.39 is 11.4 Å². The van der Waals surface area contributed by atoms with Crippen molar-refractivity contribution < 1.29 is 19.5 Å². The number of benzene rings is 1. The third-order valence-corrected chi connectivity index (χ3v) is 5.63. The van der Waals surface area contributed by atoms with Gasteiger partial charge in [0.2, 0.25) is 5.91 Å². The number of carbonyl (C=O) groups is 3. The third kappa shape index (κ3) is 3.90. The highest BCUT2D eigenvalue weighted by atomic mass is 32.2. The molecule has 1 saturated carbocycles. The lowest BCUT2D eigenvalue weighted by Crippen LogP contribution is -2.35. The SMILES string of the molecule is O=C(C[C@]1(C(=O)O)CCSC1)Nc1cccc(C(=O)NC2CC2)c1. The predicted molar refractivity (Wildman–Crippen MR) is 92.2 cm³/mol. The first-order chi connectivity index (χ1) is 11.5. The lowest BCUT2D eigenvalue weighted by Gasteiger charge is -2.22. The normalized spacial score (nSPS) is 22.8. The summed E-state index contributed by atoms with van der Waals surface area (Å²) in [6, 6.07) is 6.98. The quantitative estimate of drug-likeness (QED) is 0.732. The lowest BCUT2D eigenvalue weighted by atomic mass is 9.84. The smallest absolute Gasteiger partial charge is 0.311 e. The Morgan fingerprint density at radius 1 is 1.29 bits per heavy atom. The Morgan fingerprint density at radius 2 is 2.08 bits per heavy atom. The molecule has 0 bridgehead atoms. The summed E-state index contributed by atoms with van der Waals surface area (Å²) in [5.41, 5.74) is 0.0223. The fourth-order valence-corrected chi connectivity index (χ4v) is 4.18. The van der Waals surface area contributed by atoms with E-state index in [1.807, 2.05) is 0 Å². The molecule has 1 aliphatic heterocycles. The highest BCUT2D eigenvalue weighted by Crippen LogP contribution is 2.39. The number of carboxylic acids is 1. The Hall–Kier alpha value is -2.02. The van der Waals surface area contributed by atoms with Gasteiger partial charge in [0.15, 0.2) is 0 Å². The summed E-state index contributed by atoms with van der Waals surface area (Å²) >= 11 is 1.56. The highest BCUT2D eigenvalue weighted by molar-refractivity contribution is 7.99. The predicted octanol–water partition coefficient (Wildman–Crippen LogP) is 2.12. The highest BCUT2D eigenvalue weighted by Gasteiger charge is 2.43. The number of rotatable bonds is 6. The number of hydrogen-bond acceptors (Lipinski definition) is 4. The van der Waals surface area contributed by atoms with Crippen LogP contribution in [-0.4, -0.2) is 40.4 Å². The minimum Gasteiger partial charge on any atom is -0.481 e. The van der Waals surface area contributed by atoms with Crippen LogP contribution in [0.2, 0.25) is 0 Å². The molecule has 1 saturated heterocycles. The van der Waals surface area contributed by atoms with Gasteiger partial charge in [0.1, 0.15) is 0 Å². The van der Waals surface area contributed by atoms with Gasteiger partial charge in [-0.05, 0) is 43.2 Å². The van der Waals surface area contributed by atoms with Crippen LogP contribution >= 0.6 is 11.8 Å². The number of amides is 2. The molecule has 2 amide bonds. The molecule has 1 aromatic carbocycles. The molecule has 128 valence electrons. The van der Waals surface area contributed by atoms with E-state index in [9.17, 15) is 19.5 Å². The Labute approximate surface area is 144 Å². The second-order valence-corrected chi connectivity index (χ2v) is 7.55. The average molecular weight is 348 g/mol. The molecule has 2 fully saturated rings. The fraction of sp³-hybridized carbons (Fsp3) is 0.471. The van der Waals surface area contributed by atoms with Crippen LogP contribution in [0.25, 0.3) is 0 Å². The molecule has 1 aromatic rings. The third-order valence-electron chi connectivity index (χ3n) is 4.38. The molecule has 1 heterocycles. The van der Waals surface area contributed by atoms with Crippen molar-refractivity contribution in [3.05, 3.63) is 29.8 Å². The van der Waals surface area contributed by atoms with Gasteiger partial charge < -0.3 is 15.7 Å². The number of carboxylic acid groups (broad SMARTS) is 1. The van der Waals surface area contributed by atoms with Crippen LogP contribution in [0.15, 0.2) is 24.3 Å². The van der Waals surface area contributed by atoms with Gasteiger partial charge in [-0.1, -0.05) is 6.07 Å². The first kappa shape index (κ1) is 16.8. The maximum absolute atomic E-state index is 12.3. The van der Waals surface area contributed by atoms with Gasteiger partial charge in [0.25, 0.3) is 5.91 Å². The van der Waals surface area contributed by atoms with Crippen LogP contribution in [0.5, 0.6) is 0 Å². The van der Waals surface area contributed by atoms with Crippen LogP contribution < -0.4 is 10.6 Å². The standard InChI is InChI=1S/C17H20N2O4S/c20-14(9-17(16(22)23)6-7-24-10-17)18-13-3-1-2-11(8-13)15(21)19-12-4-5-12/h1-3,8,12H,4-7,9-10H2,(H,18,20)(H,19,21)(H,22,23)/t17-/m1/s1. The van der Waals surface area contributed by atoms with Gasteiger partial charge in [-0.25, -0.2) is 0 Å². The lowest BCUT2D eigenvalue weighted by molar-refractivity contribution is -0.149. The molecule has 24 heavy (non-hydrogen) atoms. The first-order valence-corrected chi connectivity index (χ1v) is 9.16. The van der Waals surface area contributed by atoms with E-state index in [2.05, 4.69) is 10.6 Å². The van der Waals surface area contributed by atoms with Crippen LogP contribution in [0.4, 0.5) is 5.69 Å². The van der Waals surface area contributed by atoms with Crippen molar-refractivity contribution in [2.24, 2.45) is 5.41 Å². The summed E-state index contributed by atoms with van der Waals surface area (Å²) in [6.45, 7) is 0. The van der Waals surface area contributed by atoms with E-state index in [0.29, 0.717) is 23.4 Å². The maximum atomic E-state index is 12.3. The maximum Gasteiger partial charge on any atom is 0.311 e. The molecule has 0 spiro atoms. The second kappa shape index (κ2) is 6.84. The van der Waals surface area contributed by atoms with E-state index in [4.69, 9.17) is 0 Å². The van der Waals surface area contributed by atoms with E-state index in [1.165, 1.54) is 0 Å². The molecular weight excluding hydrogens is 328 g/mol. The van der Waals surface area contributed by atoms with Crippen molar-refractivity contribution in [1.29, 1.82) is 0 Å². The van der Waals surface area contributed by atoms with Crippen molar-refractivity contribution in [2.75, 3.05) is 16.8 Å². The molecule has 0 unspecified atom stereocenters. The number of aliphatic carboxylic acids is 1. The second-order valence-electron chi connectivity index (χ2n) is 6.44. The monoisotopic (exact) mass is 348 g/mol. The largest absolute Gasteiger partial charge is 0.481 e. The molecule has 0 radical (unpaired) electrons. The minimum atomic E-state index is -0.976. The number of hydrogen-bond donors (Lipinski definition) is 3. The summed E-state index contributed by atoms with van der Waals surface area (Å²) in [7, 11) is 0. The molecular formula is C17H20N2O4S. The summed E-state index contributed by atoms with van der Waals surface area (Å²) in [5, 5.41) is 15.1. The van der Waals surface area contributed by atoms with E-state index >= 15 is 0 Å². The molecule has 1 atom stereocenters. The summed E-state index contributed by atoms with van der Waals surface area (Å²) in [4.78, 5) is 35.8. The van der Waals surface area contributed by atoms with Crippen molar-refractivity contribution in [3.8, 4) is 0 Å². The van der Waals surface area contributed by atoms with E-state index in [0.717, 1.165) is 18.6 Å². The van der Waals surface area contributed by atoms with Crippen LogP contribution in [0.1, 0.15) is 36.0 Å². The number of anilines is 1. The topological polar surface area (TPSA) is 95.5 Å². The summed E-state index contributed by atoms with van der Waals surface area (Å²) in [6.07, 6.45) is 2.48. The molecule has 2 aliphatic rings. The zero-order chi connectivity index (χ0) is 17.2. The van der Waals surface area contributed by atoms with Crippen molar-refractivity contribution in [3.63, 3.8) is 0 Å². The Bertz CT molecular complexity index is 666.